The SMILES string of the molecule is CCOC(=O)c1cc2cc(S(=O)(=O)NCC3(C)CCCNC3)ccc2s1. The number of thiophene rings is 1. The molecule has 2 heterocycles. The van der Waals surface area contributed by atoms with E-state index in [0.29, 0.717) is 18.0 Å². The van der Waals surface area contributed by atoms with E-state index in [1.807, 2.05) is 0 Å². The van der Waals surface area contributed by atoms with Crippen LogP contribution in [0.25, 0.3) is 10.1 Å². The predicted molar refractivity (Wildman–Crippen MR) is 103 cm³/mol. The molecule has 6 nitrogen and oxygen atoms in total. The number of rotatable bonds is 6. The van der Waals surface area contributed by atoms with Crippen LogP contribution in [0.2, 0.25) is 0 Å². The van der Waals surface area contributed by atoms with Gasteiger partial charge in [0, 0.05) is 17.8 Å². The molecule has 1 saturated heterocycles. The van der Waals surface area contributed by atoms with Gasteiger partial charge in [-0.15, -0.1) is 11.3 Å². The van der Waals surface area contributed by atoms with Gasteiger partial charge in [0.25, 0.3) is 0 Å². The van der Waals surface area contributed by atoms with Crippen LogP contribution >= 0.6 is 11.3 Å². The maximum atomic E-state index is 12.7. The van der Waals surface area contributed by atoms with Crippen molar-refractivity contribution in [1.82, 2.24) is 10.0 Å². The van der Waals surface area contributed by atoms with Crippen molar-refractivity contribution in [2.24, 2.45) is 5.41 Å². The maximum absolute atomic E-state index is 12.7. The van der Waals surface area contributed by atoms with Crippen molar-refractivity contribution in [1.29, 1.82) is 0 Å². The molecule has 1 aromatic carbocycles. The standard InChI is InChI=1S/C18H24N2O4S2/c1-3-24-17(21)16-10-13-9-14(5-6-15(13)25-16)26(22,23)20-12-18(2)7-4-8-19-11-18/h5-6,9-10,19-20H,3-4,7-8,11-12H2,1-2H3. The minimum Gasteiger partial charge on any atom is -0.462 e. The molecule has 0 amide bonds. The Kier molecular flexibility index (Phi) is 5.67. The number of sulfonamides is 1. The largest absolute Gasteiger partial charge is 0.462 e. The minimum atomic E-state index is -3.60. The van der Waals surface area contributed by atoms with Crippen molar-refractivity contribution in [3.8, 4) is 0 Å². The van der Waals surface area contributed by atoms with Gasteiger partial charge in [0.15, 0.2) is 0 Å². The Bertz CT molecular complexity index is 899. The second-order valence-corrected chi connectivity index (χ2v) is 9.80. The lowest BCUT2D eigenvalue weighted by Gasteiger charge is -2.34. The van der Waals surface area contributed by atoms with Gasteiger partial charge in [-0.1, -0.05) is 6.92 Å². The fourth-order valence-electron chi connectivity index (χ4n) is 3.11. The highest BCUT2D eigenvalue weighted by Crippen LogP contribution is 2.29. The number of benzene rings is 1. The fraction of sp³-hybridized carbons (Fsp3) is 0.500. The maximum Gasteiger partial charge on any atom is 0.348 e. The van der Waals surface area contributed by atoms with E-state index in [2.05, 4.69) is 17.0 Å². The molecule has 1 aliphatic heterocycles. The van der Waals surface area contributed by atoms with Crippen molar-refractivity contribution in [2.75, 3.05) is 26.2 Å². The van der Waals surface area contributed by atoms with Gasteiger partial charge in [-0.2, -0.15) is 0 Å². The Labute approximate surface area is 158 Å². The number of carbonyl (C=O) groups excluding carboxylic acids is 1. The second kappa shape index (κ2) is 7.64. The monoisotopic (exact) mass is 396 g/mol. The number of nitrogens with one attached hydrogen (secondary N) is 2. The minimum absolute atomic E-state index is 0.0745. The summed E-state index contributed by atoms with van der Waals surface area (Å²) in [6.07, 6.45) is 2.05. The second-order valence-electron chi connectivity index (χ2n) is 6.95. The van der Waals surface area contributed by atoms with Crippen LogP contribution in [0.15, 0.2) is 29.2 Å². The summed E-state index contributed by atoms with van der Waals surface area (Å²) < 4.78 is 34.0. The van der Waals surface area contributed by atoms with Gasteiger partial charge < -0.3 is 10.1 Å². The van der Waals surface area contributed by atoms with Crippen LogP contribution in [-0.4, -0.2) is 40.6 Å². The lowest BCUT2D eigenvalue weighted by Crippen LogP contribution is -2.45. The van der Waals surface area contributed by atoms with Crippen molar-refractivity contribution < 1.29 is 17.9 Å². The zero-order valence-corrected chi connectivity index (χ0v) is 16.6. The van der Waals surface area contributed by atoms with Crippen LogP contribution in [0.3, 0.4) is 0 Å². The normalized spacial score (nSPS) is 21.0. The summed E-state index contributed by atoms with van der Waals surface area (Å²) in [4.78, 5) is 12.6. The van der Waals surface area contributed by atoms with E-state index in [9.17, 15) is 13.2 Å². The van der Waals surface area contributed by atoms with E-state index in [1.165, 1.54) is 11.3 Å². The van der Waals surface area contributed by atoms with Crippen LogP contribution in [0.4, 0.5) is 0 Å². The Morgan fingerprint density at radius 1 is 1.38 bits per heavy atom. The Morgan fingerprint density at radius 2 is 2.19 bits per heavy atom. The summed E-state index contributed by atoms with van der Waals surface area (Å²) in [7, 11) is -3.60. The summed E-state index contributed by atoms with van der Waals surface area (Å²) in [5, 5.41) is 4.05. The Balaban J connectivity index is 1.78. The highest BCUT2D eigenvalue weighted by molar-refractivity contribution is 7.89. The number of ether oxygens (including phenoxy) is 1. The van der Waals surface area contributed by atoms with Gasteiger partial charge in [-0.05, 0) is 61.4 Å². The van der Waals surface area contributed by atoms with Gasteiger partial charge in [-0.3, -0.25) is 0 Å². The van der Waals surface area contributed by atoms with E-state index < -0.39 is 10.0 Å². The van der Waals surface area contributed by atoms with E-state index in [4.69, 9.17) is 4.74 Å². The highest BCUT2D eigenvalue weighted by Gasteiger charge is 2.29. The number of hydrogen-bond donors (Lipinski definition) is 2. The summed E-state index contributed by atoms with van der Waals surface area (Å²) >= 11 is 1.30. The lowest BCUT2D eigenvalue weighted by molar-refractivity contribution is 0.0532. The van der Waals surface area contributed by atoms with Gasteiger partial charge in [0.05, 0.1) is 11.5 Å². The summed E-state index contributed by atoms with van der Waals surface area (Å²) in [5.74, 6) is -0.381. The van der Waals surface area contributed by atoms with Crippen LogP contribution < -0.4 is 10.0 Å². The van der Waals surface area contributed by atoms with Crippen molar-refractivity contribution in [2.45, 2.75) is 31.6 Å². The molecule has 142 valence electrons. The smallest absolute Gasteiger partial charge is 0.348 e. The molecule has 1 unspecified atom stereocenters. The number of carbonyl (C=O) groups is 1. The first-order chi connectivity index (χ1) is 12.3. The third kappa shape index (κ3) is 4.25. The van der Waals surface area contributed by atoms with E-state index >= 15 is 0 Å². The molecule has 8 heteroatoms. The van der Waals surface area contributed by atoms with Gasteiger partial charge in [0.1, 0.15) is 4.88 Å². The summed E-state index contributed by atoms with van der Waals surface area (Å²) in [5.41, 5.74) is -0.0745. The molecule has 1 aliphatic rings. The van der Waals surface area contributed by atoms with Crippen LogP contribution in [0.1, 0.15) is 36.4 Å². The van der Waals surface area contributed by atoms with Gasteiger partial charge in [-0.25, -0.2) is 17.9 Å². The molecular formula is C18H24N2O4S2. The number of hydrogen-bond acceptors (Lipinski definition) is 6. The first-order valence-electron chi connectivity index (χ1n) is 8.74. The average molecular weight is 397 g/mol. The molecule has 2 aromatic rings. The molecule has 1 fully saturated rings. The summed E-state index contributed by atoms with van der Waals surface area (Å²) in [6, 6.07) is 6.61. The van der Waals surface area contributed by atoms with Crippen molar-refractivity contribution >= 4 is 37.4 Å². The average Bonchev–Trinajstić information content (AvgIpc) is 3.05. The third-order valence-corrected chi connectivity index (χ3v) is 7.14. The van der Waals surface area contributed by atoms with E-state index in [-0.39, 0.29) is 16.3 Å². The molecule has 0 saturated carbocycles. The summed E-state index contributed by atoms with van der Waals surface area (Å²) in [6.45, 7) is 6.35. The molecule has 0 spiro atoms. The molecule has 0 aliphatic carbocycles. The van der Waals surface area contributed by atoms with Crippen molar-refractivity contribution in [3.05, 3.63) is 29.1 Å². The molecule has 1 atom stereocenters. The number of fused-ring (bicyclic) bond motifs is 1. The predicted octanol–water partition coefficient (Wildman–Crippen LogP) is 2.75. The van der Waals surface area contributed by atoms with Gasteiger partial charge in [0.2, 0.25) is 10.0 Å². The molecule has 3 rings (SSSR count). The van der Waals surface area contributed by atoms with Crippen molar-refractivity contribution in [3.63, 3.8) is 0 Å². The number of piperidine rings is 1. The van der Waals surface area contributed by atoms with Crippen LogP contribution in [-0.2, 0) is 14.8 Å². The Morgan fingerprint density at radius 3 is 2.88 bits per heavy atom. The zero-order chi connectivity index (χ0) is 18.8. The first kappa shape index (κ1) is 19.3. The molecule has 0 bridgehead atoms. The molecule has 26 heavy (non-hydrogen) atoms. The molecular weight excluding hydrogens is 372 g/mol. The van der Waals surface area contributed by atoms with E-state index in [1.54, 1.807) is 31.2 Å². The fourth-order valence-corrected chi connectivity index (χ4v) is 5.28. The quantitative estimate of drug-likeness (QED) is 0.734. The topological polar surface area (TPSA) is 84.5 Å². The van der Waals surface area contributed by atoms with Gasteiger partial charge >= 0.3 is 5.97 Å². The zero-order valence-electron chi connectivity index (χ0n) is 15.0. The lowest BCUT2D eigenvalue weighted by atomic mass is 9.83. The van der Waals surface area contributed by atoms with Crippen LogP contribution in [0, 0.1) is 5.41 Å². The van der Waals surface area contributed by atoms with Crippen LogP contribution in [0.5, 0.6) is 0 Å². The third-order valence-electron chi connectivity index (χ3n) is 4.65. The first-order valence-corrected chi connectivity index (χ1v) is 11.0. The van der Waals surface area contributed by atoms with E-state index in [0.717, 1.165) is 36.0 Å². The molecule has 0 radical (unpaired) electrons. The Hall–Kier alpha value is -1.48. The molecule has 1 aromatic heterocycles. The highest BCUT2D eigenvalue weighted by atomic mass is 32.2. The molecule has 2 N–H and O–H groups in total. The number of esters is 1.